The van der Waals surface area contributed by atoms with Crippen LogP contribution in [0.1, 0.15) is 5.56 Å². The number of aliphatic hydroxyl groups is 4. The van der Waals surface area contributed by atoms with Gasteiger partial charge < -0.3 is 46.0 Å². The Morgan fingerprint density at radius 2 is 1.68 bits per heavy atom. The molecule has 1 aromatic carbocycles. The number of aromatic hydroxyl groups is 1. The Kier molecular flexibility index (Phi) is 7.29. The summed E-state index contributed by atoms with van der Waals surface area (Å²) in [5.41, 5.74) is 6.53. The number of nitrogens with zero attached hydrogens (tertiary/aromatic N) is 1. The Balaban J connectivity index is 2.10. The number of carboxylic acid groups (broad SMARTS) is 1. The molecule has 0 spiro atoms. The van der Waals surface area contributed by atoms with Crippen molar-refractivity contribution in [2.45, 2.75) is 43.2 Å². The van der Waals surface area contributed by atoms with Gasteiger partial charge in [0.15, 0.2) is 6.29 Å². The van der Waals surface area contributed by atoms with Gasteiger partial charge in [0.25, 0.3) is 0 Å². The number of aliphatic hydroxyl groups excluding tert-OH is 4. The number of ether oxygens (including phenoxy) is 1. The third kappa shape index (κ3) is 5.38. The topological polar surface area (TPSA) is 194 Å². The SMILES string of the molecule is N[C@@H](Cc1ccc(O)cc1)C(=O)N(CC(=O)O)C[C@H]1O[C@@H](O)[C@H](O)[C@@H](O)[C@H]1O. The fraction of sp³-hybridized carbons (Fsp3) is 0.529. The summed E-state index contributed by atoms with van der Waals surface area (Å²) in [6, 6.07) is 4.84. The number of rotatable bonds is 7. The molecule has 6 atom stereocenters. The van der Waals surface area contributed by atoms with E-state index in [4.69, 9.17) is 15.6 Å². The average molecular weight is 400 g/mol. The first-order valence-electron chi connectivity index (χ1n) is 8.52. The summed E-state index contributed by atoms with van der Waals surface area (Å²) in [6.07, 6.45) is -8.22. The van der Waals surface area contributed by atoms with Crippen LogP contribution in [0.3, 0.4) is 0 Å². The number of amides is 1. The lowest BCUT2D eigenvalue weighted by Crippen LogP contribution is -2.61. The van der Waals surface area contributed by atoms with E-state index in [2.05, 4.69) is 0 Å². The van der Waals surface area contributed by atoms with E-state index < -0.39 is 61.7 Å². The van der Waals surface area contributed by atoms with Gasteiger partial charge in [-0.05, 0) is 24.1 Å². The van der Waals surface area contributed by atoms with E-state index in [1.54, 1.807) is 12.1 Å². The Morgan fingerprint density at radius 3 is 2.25 bits per heavy atom. The van der Waals surface area contributed by atoms with E-state index >= 15 is 0 Å². The van der Waals surface area contributed by atoms with Gasteiger partial charge in [0.1, 0.15) is 36.7 Å². The lowest BCUT2D eigenvalue weighted by Gasteiger charge is -2.40. The number of carbonyl (C=O) groups is 2. The van der Waals surface area contributed by atoms with Crippen molar-refractivity contribution in [1.29, 1.82) is 0 Å². The van der Waals surface area contributed by atoms with Crippen LogP contribution in [0.5, 0.6) is 5.75 Å². The molecule has 1 amide bonds. The van der Waals surface area contributed by atoms with Crippen molar-refractivity contribution in [2.24, 2.45) is 5.73 Å². The van der Waals surface area contributed by atoms with Crippen LogP contribution >= 0.6 is 0 Å². The van der Waals surface area contributed by atoms with E-state index in [-0.39, 0.29) is 12.2 Å². The van der Waals surface area contributed by atoms with Crippen LogP contribution in [0.25, 0.3) is 0 Å². The quantitative estimate of drug-likeness (QED) is 0.247. The predicted octanol–water partition coefficient (Wildman–Crippen LogP) is -3.02. The third-order valence-electron chi connectivity index (χ3n) is 4.43. The molecular formula is C17H24N2O9. The van der Waals surface area contributed by atoms with Gasteiger partial charge in [0.2, 0.25) is 5.91 Å². The van der Waals surface area contributed by atoms with E-state index in [1.165, 1.54) is 12.1 Å². The molecular weight excluding hydrogens is 376 g/mol. The number of hydrogen-bond acceptors (Lipinski definition) is 9. The van der Waals surface area contributed by atoms with Gasteiger partial charge in [0.05, 0.1) is 12.6 Å². The monoisotopic (exact) mass is 400 g/mol. The number of phenolic OH excluding ortho intramolecular Hbond substituents is 1. The number of carbonyl (C=O) groups excluding carboxylic acids is 1. The molecule has 1 saturated heterocycles. The van der Waals surface area contributed by atoms with Gasteiger partial charge in [-0.3, -0.25) is 9.59 Å². The maximum atomic E-state index is 12.6. The molecule has 0 radical (unpaired) electrons. The van der Waals surface area contributed by atoms with Gasteiger partial charge in [0, 0.05) is 0 Å². The van der Waals surface area contributed by atoms with E-state index in [0.717, 1.165) is 4.90 Å². The molecule has 1 fully saturated rings. The Bertz CT molecular complexity index is 684. The molecule has 11 nitrogen and oxygen atoms in total. The first-order valence-corrected chi connectivity index (χ1v) is 8.52. The van der Waals surface area contributed by atoms with Crippen LogP contribution in [0.4, 0.5) is 0 Å². The Morgan fingerprint density at radius 1 is 1.07 bits per heavy atom. The smallest absolute Gasteiger partial charge is 0.323 e. The molecule has 0 unspecified atom stereocenters. The van der Waals surface area contributed by atoms with Crippen LogP contribution in [0.2, 0.25) is 0 Å². The van der Waals surface area contributed by atoms with E-state index in [9.17, 15) is 35.1 Å². The summed E-state index contributed by atoms with van der Waals surface area (Å²) in [5.74, 6) is -2.04. The molecule has 1 aromatic rings. The summed E-state index contributed by atoms with van der Waals surface area (Å²) >= 11 is 0. The number of hydrogen-bond donors (Lipinski definition) is 7. The second kappa shape index (κ2) is 9.28. The highest BCUT2D eigenvalue weighted by atomic mass is 16.6. The molecule has 28 heavy (non-hydrogen) atoms. The van der Waals surface area contributed by atoms with E-state index in [1.807, 2.05) is 0 Å². The average Bonchev–Trinajstić information content (AvgIpc) is 2.64. The Hall–Kier alpha value is -2.28. The number of carboxylic acids is 1. The van der Waals surface area contributed by atoms with Gasteiger partial charge in [-0.15, -0.1) is 0 Å². The zero-order chi connectivity index (χ0) is 21.0. The van der Waals surface area contributed by atoms with Crippen molar-refractivity contribution in [3.63, 3.8) is 0 Å². The first-order chi connectivity index (χ1) is 13.1. The number of aliphatic carboxylic acids is 1. The van der Waals surface area contributed by atoms with Crippen molar-refractivity contribution in [3.05, 3.63) is 29.8 Å². The maximum Gasteiger partial charge on any atom is 0.323 e. The number of phenols is 1. The van der Waals surface area contributed by atoms with Crippen molar-refractivity contribution in [3.8, 4) is 5.75 Å². The maximum absolute atomic E-state index is 12.6. The van der Waals surface area contributed by atoms with Crippen LogP contribution < -0.4 is 5.73 Å². The van der Waals surface area contributed by atoms with Crippen LogP contribution in [-0.4, -0.2) is 97.3 Å². The first kappa shape index (κ1) is 22.0. The highest BCUT2D eigenvalue weighted by Crippen LogP contribution is 2.21. The third-order valence-corrected chi connectivity index (χ3v) is 4.43. The molecule has 8 N–H and O–H groups in total. The minimum atomic E-state index is -1.81. The highest BCUT2D eigenvalue weighted by molar-refractivity contribution is 5.85. The molecule has 156 valence electrons. The second-order valence-corrected chi connectivity index (χ2v) is 6.63. The lowest BCUT2D eigenvalue weighted by atomic mass is 9.98. The molecule has 0 bridgehead atoms. The lowest BCUT2D eigenvalue weighted by molar-refractivity contribution is -0.283. The normalized spacial score (nSPS) is 28.5. The van der Waals surface area contributed by atoms with Gasteiger partial charge in [-0.25, -0.2) is 0 Å². The van der Waals surface area contributed by atoms with Gasteiger partial charge in [-0.1, -0.05) is 12.1 Å². The molecule has 1 aliphatic heterocycles. The second-order valence-electron chi connectivity index (χ2n) is 6.63. The van der Waals surface area contributed by atoms with Crippen LogP contribution in [0.15, 0.2) is 24.3 Å². The van der Waals surface area contributed by atoms with Crippen molar-refractivity contribution >= 4 is 11.9 Å². The molecule has 0 saturated carbocycles. The number of benzene rings is 1. The summed E-state index contributed by atoms with van der Waals surface area (Å²) in [6.45, 7) is -1.22. The summed E-state index contributed by atoms with van der Waals surface area (Å²) in [7, 11) is 0. The summed E-state index contributed by atoms with van der Waals surface area (Å²) in [4.78, 5) is 24.6. The molecule has 2 rings (SSSR count). The van der Waals surface area contributed by atoms with Crippen LogP contribution in [0, 0.1) is 0 Å². The molecule has 1 heterocycles. The van der Waals surface area contributed by atoms with E-state index in [0.29, 0.717) is 5.56 Å². The highest BCUT2D eigenvalue weighted by Gasteiger charge is 2.44. The largest absolute Gasteiger partial charge is 0.508 e. The van der Waals surface area contributed by atoms with Crippen molar-refractivity contribution < 1.29 is 45.0 Å². The van der Waals surface area contributed by atoms with Crippen LogP contribution in [-0.2, 0) is 20.7 Å². The van der Waals surface area contributed by atoms with Crippen molar-refractivity contribution in [1.82, 2.24) is 4.90 Å². The Labute approximate surface area is 160 Å². The molecule has 0 aliphatic carbocycles. The fourth-order valence-electron chi connectivity index (χ4n) is 2.90. The van der Waals surface area contributed by atoms with Gasteiger partial charge in [-0.2, -0.15) is 0 Å². The van der Waals surface area contributed by atoms with Crippen molar-refractivity contribution in [2.75, 3.05) is 13.1 Å². The van der Waals surface area contributed by atoms with Gasteiger partial charge >= 0.3 is 5.97 Å². The predicted molar refractivity (Wildman–Crippen MR) is 92.9 cm³/mol. The zero-order valence-corrected chi connectivity index (χ0v) is 14.8. The molecule has 1 aliphatic rings. The minimum Gasteiger partial charge on any atom is -0.508 e. The standard InChI is InChI=1S/C17H24N2O9/c18-10(5-8-1-3-9(20)4-2-8)16(26)19(7-12(21)22)6-11-13(23)14(24)15(25)17(27)28-11/h1-4,10-11,13-15,17,20,23-25,27H,5-7,18H2,(H,21,22)/t10-,11+,13-,14-,15+,17+/m0/s1. The fourth-order valence-corrected chi connectivity index (χ4v) is 2.90. The molecule has 11 heteroatoms. The molecule has 0 aromatic heterocycles. The summed E-state index contributed by atoms with van der Waals surface area (Å²) in [5, 5.41) is 57.2. The summed E-state index contributed by atoms with van der Waals surface area (Å²) < 4.78 is 4.99. The minimum absolute atomic E-state index is 0.0406. The zero-order valence-electron chi connectivity index (χ0n) is 14.8. The number of nitrogens with two attached hydrogens (primary N) is 1.